The Morgan fingerprint density at radius 1 is 0.500 bits per heavy atom. The van der Waals surface area contributed by atoms with Gasteiger partial charge in [0.1, 0.15) is 16.8 Å². The van der Waals surface area contributed by atoms with Gasteiger partial charge in [0.2, 0.25) is 0 Å². The van der Waals surface area contributed by atoms with Gasteiger partial charge >= 0.3 is 17.9 Å². The summed E-state index contributed by atoms with van der Waals surface area (Å²) in [6.45, 7) is 20.2. The van der Waals surface area contributed by atoms with Crippen LogP contribution in [0, 0.1) is 0 Å². The summed E-state index contributed by atoms with van der Waals surface area (Å²) in [6, 6.07) is 0. The van der Waals surface area contributed by atoms with E-state index in [0.717, 1.165) is 18.2 Å². The average Bonchev–Trinajstić information content (AvgIpc) is 2.38. The Bertz CT molecular complexity index is 617. The van der Waals surface area contributed by atoms with Gasteiger partial charge in [0.15, 0.2) is 0 Å². The largest absolute Gasteiger partial charge is 0.512 e. The van der Waals surface area contributed by atoms with Crippen molar-refractivity contribution in [2.24, 2.45) is 0 Å². The fraction of sp³-hybridized carbons (Fsp3) is 0.625. The van der Waals surface area contributed by atoms with Crippen molar-refractivity contribution in [2.45, 2.75) is 99.9 Å². The number of allylic oxidation sites excluding steroid dienone is 3. The third-order valence-electron chi connectivity index (χ3n) is 2.20. The van der Waals surface area contributed by atoms with Crippen molar-refractivity contribution in [1.82, 2.24) is 0 Å². The van der Waals surface area contributed by atoms with Gasteiger partial charge in [-0.05, 0) is 83.1 Å². The molecule has 200 valence electrons. The molecule has 3 N–H and O–H groups in total. The molecule has 0 aliphatic heterocycles. The topological polar surface area (TPSA) is 140 Å². The summed E-state index contributed by atoms with van der Waals surface area (Å²) in [6.07, 6.45) is 3.14. The fourth-order valence-electron chi connectivity index (χ4n) is 1.51. The maximum Gasteiger partial charge on any atom is 0.334 e. The van der Waals surface area contributed by atoms with Gasteiger partial charge in [-0.2, -0.15) is 0 Å². The van der Waals surface area contributed by atoms with Crippen molar-refractivity contribution in [1.29, 1.82) is 0 Å². The molecule has 0 rings (SSSR count). The van der Waals surface area contributed by atoms with Gasteiger partial charge in [0, 0.05) is 17.1 Å². The van der Waals surface area contributed by atoms with Crippen molar-refractivity contribution in [3.8, 4) is 0 Å². The number of hydrogen-bond acceptors (Lipinski definition) is 9. The SMILES string of the molecule is C/C(O)=C/C(=O)OC(C)(C)C.C/C(O)=C\C(=O)OC(C)(C)C.C/C(O)=C\C(=O)OC(C)(C)C.[Fe]. The zero-order chi connectivity index (χ0) is 27.2. The van der Waals surface area contributed by atoms with Crippen LogP contribution >= 0.6 is 0 Å². The van der Waals surface area contributed by atoms with E-state index in [4.69, 9.17) is 29.5 Å². The predicted octanol–water partition coefficient (Wildman–Crippen LogP) is 5.37. The smallest absolute Gasteiger partial charge is 0.334 e. The monoisotopic (exact) mass is 530 g/mol. The number of hydrogen-bond donors (Lipinski definition) is 3. The second kappa shape index (κ2) is 17.1. The molecule has 0 radical (unpaired) electrons. The van der Waals surface area contributed by atoms with E-state index >= 15 is 0 Å². The quantitative estimate of drug-likeness (QED) is 0.144. The molecule has 0 aliphatic carbocycles. The number of esters is 3. The number of rotatable bonds is 3. The van der Waals surface area contributed by atoms with Gasteiger partial charge in [0.25, 0.3) is 0 Å². The molecule has 0 amide bonds. The predicted molar refractivity (Wildman–Crippen MR) is 127 cm³/mol. The van der Waals surface area contributed by atoms with Crippen molar-refractivity contribution in [2.75, 3.05) is 0 Å². The van der Waals surface area contributed by atoms with Crippen LogP contribution in [-0.4, -0.2) is 50.0 Å². The number of aliphatic hydroxyl groups is 3. The molecule has 0 atom stereocenters. The summed E-state index contributed by atoms with van der Waals surface area (Å²) >= 11 is 0. The van der Waals surface area contributed by atoms with E-state index in [1.165, 1.54) is 20.8 Å². The van der Waals surface area contributed by atoms with Gasteiger partial charge < -0.3 is 29.5 Å². The zero-order valence-electron chi connectivity index (χ0n) is 22.4. The Morgan fingerprint density at radius 3 is 0.735 bits per heavy atom. The first-order chi connectivity index (χ1) is 14.4. The summed E-state index contributed by atoms with van der Waals surface area (Å²) in [7, 11) is 0. The van der Waals surface area contributed by atoms with Crippen LogP contribution in [0.1, 0.15) is 83.1 Å². The molecule has 0 fully saturated rings. The molecule has 0 aliphatic rings. The summed E-state index contributed by atoms with van der Waals surface area (Å²) in [5.41, 5.74) is -1.49. The van der Waals surface area contributed by atoms with E-state index in [1.807, 2.05) is 0 Å². The Hall–Kier alpha value is -2.45. The molecule has 0 spiro atoms. The molecule has 10 heteroatoms. The van der Waals surface area contributed by atoms with Crippen molar-refractivity contribution in [3.05, 3.63) is 35.5 Å². The van der Waals surface area contributed by atoms with E-state index in [9.17, 15) is 14.4 Å². The van der Waals surface area contributed by atoms with Gasteiger partial charge in [0.05, 0.1) is 35.5 Å². The molecule has 0 heterocycles. The first-order valence-electron chi connectivity index (χ1n) is 10.2. The maximum atomic E-state index is 10.8. The first kappa shape index (κ1) is 38.8. The molecule has 0 saturated heterocycles. The molecular formula is C24H42FeO9. The minimum absolute atomic E-state index is 0. The molecule has 0 aromatic heterocycles. The second-order valence-electron chi connectivity index (χ2n) is 9.96. The number of carbonyl (C=O) groups is 3. The minimum Gasteiger partial charge on any atom is -0.512 e. The molecule has 0 aromatic rings. The van der Waals surface area contributed by atoms with E-state index < -0.39 is 34.7 Å². The maximum absolute atomic E-state index is 10.8. The molecular weight excluding hydrogens is 488 g/mol. The summed E-state index contributed by atoms with van der Waals surface area (Å²) in [5, 5.41) is 26.0. The van der Waals surface area contributed by atoms with Crippen LogP contribution in [0.4, 0.5) is 0 Å². The molecule has 0 bridgehead atoms. The van der Waals surface area contributed by atoms with Crippen molar-refractivity contribution < 1.29 is 61.0 Å². The van der Waals surface area contributed by atoms with Gasteiger partial charge in [-0.3, -0.25) is 0 Å². The summed E-state index contributed by atoms with van der Waals surface area (Å²) in [5.74, 6) is -1.68. The average molecular weight is 530 g/mol. The second-order valence-corrected chi connectivity index (χ2v) is 9.96. The Labute approximate surface area is 214 Å². The molecule has 34 heavy (non-hydrogen) atoms. The van der Waals surface area contributed by atoms with Crippen LogP contribution in [0.5, 0.6) is 0 Å². The van der Waals surface area contributed by atoms with Crippen molar-refractivity contribution in [3.63, 3.8) is 0 Å². The van der Waals surface area contributed by atoms with E-state index in [0.29, 0.717) is 0 Å². The van der Waals surface area contributed by atoms with Gasteiger partial charge in [-0.15, -0.1) is 0 Å². The van der Waals surface area contributed by atoms with Crippen LogP contribution in [-0.2, 0) is 45.7 Å². The number of ether oxygens (including phenoxy) is 3. The van der Waals surface area contributed by atoms with Crippen LogP contribution in [0.3, 0.4) is 0 Å². The van der Waals surface area contributed by atoms with Gasteiger partial charge in [-0.1, -0.05) is 0 Å². The van der Waals surface area contributed by atoms with Crippen LogP contribution < -0.4 is 0 Å². The van der Waals surface area contributed by atoms with Crippen LogP contribution in [0.25, 0.3) is 0 Å². The Morgan fingerprint density at radius 2 is 0.647 bits per heavy atom. The standard InChI is InChI=1S/3C8H14O3.Fe/c3*1-6(9)5-7(10)11-8(2,3)4;/h3*5,9H,1-4H3;/b2*6-5+;6-5-;. The van der Waals surface area contributed by atoms with Crippen LogP contribution in [0.15, 0.2) is 35.5 Å². The minimum atomic E-state index is -0.516. The van der Waals surface area contributed by atoms with Crippen LogP contribution in [0.2, 0.25) is 0 Å². The number of aliphatic hydroxyl groups excluding tert-OH is 3. The van der Waals surface area contributed by atoms with Crippen molar-refractivity contribution >= 4 is 17.9 Å². The van der Waals surface area contributed by atoms with E-state index in [2.05, 4.69) is 0 Å². The Balaban J connectivity index is -0.000000196. The van der Waals surface area contributed by atoms with Gasteiger partial charge in [-0.25, -0.2) is 14.4 Å². The summed E-state index contributed by atoms with van der Waals surface area (Å²) in [4.78, 5) is 32.4. The molecule has 9 nitrogen and oxygen atoms in total. The van der Waals surface area contributed by atoms with E-state index in [1.54, 1.807) is 62.3 Å². The zero-order valence-corrected chi connectivity index (χ0v) is 23.5. The number of carbonyl (C=O) groups excluding carboxylic acids is 3. The molecule has 0 unspecified atom stereocenters. The Kier molecular flexibility index (Phi) is 19.5. The fourth-order valence-corrected chi connectivity index (χ4v) is 1.51. The molecule has 0 saturated carbocycles. The third-order valence-corrected chi connectivity index (χ3v) is 2.20. The third kappa shape index (κ3) is 40.0. The normalized spacial score (nSPS) is 12.5. The molecule has 0 aromatic carbocycles. The van der Waals surface area contributed by atoms with E-state index in [-0.39, 0.29) is 34.3 Å². The first-order valence-corrected chi connectivity index (χ1v) is 10.2. The summed E-state index contributed by atoms with van der Waals surface area (Å²) < 4.78 is 14.6.